The number of hydrogen-bond donors (Lipinski definition) is 2. The molecule has 0 aromatic heterocycles. The second kappa shape index (κ2) is 9.00. The quantitative estimate of drug-likeness (QED) is 0.592. The first kappa shape index (κ1) is 19.4. The smallest absolute Gasteiger partial charge is 0.256 e. The molecular weight excluding hydrogens is 348 g/mol. The van der Waals surface area contributed by atoms with Gasteiger partial charge >= 0.3 is 0 Å². The molecule has 142 valence electrons. The molecule has 3 aromatic carbocycles. The summed E-state index contributed by atoms with van der Waals surface area (Å²) >= 11 is 0. The number of carbonyl (C=O) groups excluding carboxylic acids is 2. The lowest BCUT2D eigenvalue weighted by Crippen LogP contribution is -2.14. The zero-order valence-electron chi connectivity index (χ0n) is 16.1. The van der Waals surface area contributed by atoms with Crippen LogP contribution in [0.1, 0.15) is 30.6 Å². The van der Waals surface area contributed by atoms with Crippen molar-refractivity contribution >= 4 is 23.2 Å². The van der Waals surface area contributed by atoms with E-state index in [0.29, 0.717) is 29.3 Å². The van der Waals surface area contributed by atoms with Crippen molar-refractivity contribution in [2.45, 2.75) is 20.3 Å². The van der Waals surface area contributed by atoms with E-state index in [2.05, 4.69) is 10.6 Å². The van der Waals surface area contributed by atoms with Gasteiger partial charge < -0.3 is 10.6 Å². The highest BCUT2D eigenvalue weighted by Crippen LogP contribution is 2.24. The number of nitrogens with one attached hydrogen (secondary N) is 2. The summed E-state index contributed by atoms with van der Waals surface area (Å²) in [4.78, 5) is 24.7. The largest absolute Gasteiger partial charge is 0.326 e. The molecule has 0 aliphatic rings. The highest BCUT2D eigenvalue weighted by atomic mass is 16.2. The van der Waals surface area contributed by atoms with Gasteiger partial charge in [0, 0.05) is 23.4 Å². The van der Waals surface area contributed by atoms with Crippen molar-refractivity contribution in [2.75, 3.05) is 10.6 Å². The fourth-order valence-electron chi connectivity index (χ4n) is 2.97. The van der Waals surface area contributed by atoms with E-state index < -0.39 is 0 Å². The molecule has 0 bridgehead atoms. The first-order chi connectivity index (χ1) is 13.5. The van der Waals surface area contributed by atoms with Gasteiger partial charge in [0.2, 0.25) is 5.91 Å². The summed E-state index contributed by atoms with van der Waals surface area (Å²) in [6.45, 7) is 4.01. The van der Waals surface area contributed by atoms with Crippen LogP contribution in [-0.4, -0.2) is 11.8 Å². The van der Waals surface area contributed by atoms with Gasteiger partial charge in [-0.25, -0.2) is 0 Å². The Hall–Kier alpha value is -3.40. The second-order valence-electron chi connectivity index (χ2n) is 7.09. The Kier molecular flexibility index (Phi) is 6.22. The van der Waals surface area contributed by atoms with Crippen LogP contribution >= 0.6 is 0 Å². The van der Waals surface area contributed by atoms with Crippen LogP contribution in [0.4, 0.5) is 11.4 Å². The standard InChI is InChI=1S/C24H24N2O2/c1-17(2)16-23(27)25-19-12-14-20(15-13-19)26-24(28)22-11-7-6-10-21(22)18-8-4-3-5-9-18/h3-15,17H,16H2,1-2H3,(H,25,27)(H,26,28). The average Bonchev–Trinajstić information content (AvgIpc) is 2.69. The lowest BCUT2D eigenvalue weighted by Gasteiger charge is -2.11. The van der Waals surface area contributed by atoms with E-state index >= 15 is 0 Å². The van der Waals surface area contributed by atoms with E-state index in [1.807, 2.05) is 68.4 Å². The predicted octanol–water partition coefficient (Wildman–Crippen LogP) is 5.59. The highest BCUT2D eigenvalue weighted by molar-refractivity contribution is 6.08. The number of rotatable bonds is 6. The van der Waals surface area contributed by atoms with Crippen LogP contribution in [0.2, 0.25) is 0 Å². The van der Waals surface area contributed by atoms with Gasteiger partial charge in [-0.2, -0.15) is 0 Å². The molecule has 0 atom stereocenters. The maximum Gasteiger partial charge on any atom is 0.256 e. The molecule has 0 radical (unpaired) electrons. The van der Waals surface area contributed by atoms with Gasteiger partial charge in [-0.1, -0.05) is 62.4 Å². The lowest BCUT2D eigenvalue weighted by molar-refractivity contribution is -0.116. The van der Waals surface area contributed by atoms with Crippen LogP contribution in [-0.2, 0) is 4.79 Å². The summed E-state index contributed by atoms with van der Waals surface area (Å²) in [6.07, 6.45) is 0.481. The molecular formula is C24H24N2O2. The third-order valence-corrected chi connectivity index (χ3v) is 4.28. The van der Waals surface area contributed by atoms with Crippen LogP contribution < -0.4 is 10.6 Å². The number of hydrogen-bond acceptors (Lipinski definition) is 2. The van der Waals surface area contributed by atoms with Gasteiger partial charge in [0.25, 0.3) is 5.91 Å². The molecule has 28 heavy (non-hydrogen) atoms. The molecule has 0 aliphatic carbocycles. The SMILES string of the molecule is CC(C)CC(=O)Nc1ccc(NC(=O)c2ccccc2-c2ccccc2)cc1. The summed E-state index contributed by atoms with van der Waals surface area (Å²) < 4.78 is 0. The molecule has 3 rings (SSSR count). The van der Waals surface area contributed by atoms with Crippen molar-refractivity contribution in [1.82, 2.24) is 0 Å². The molecule has 2 amide bonds. The summed E-state index contributed by atoms with van der Waals surface area (Å²) in [6, 6.07) is 24.5. The number of amides is 2. The minimum Gasteiger partial charge on any atom is -0.326 e. The van der Waals surface area contributed by atoms with Crippen LogP contribution in [0.15, 0.2) is 78.9 Å². The Balaban J connectivity index is 1.71. The summed E-state index contributed by atoms with van der Waals surface area (Å²) in [7, 11) is 0. The summed E-state index contributed by atoms with van der Waals surface area (Å²) in [5.41, 5.74) is 3.89. The Labute approximate surface area is 165 Å². The third kappa shape index (κ3) is 5.07. The topological polar surface area (TPSA) is 58.2 Å². The van der Waals surface area contributed by atoms with Gasteiger partial charge in [-0.3, -0.25) is 9.59 Å². The van der Waals surface area contributed by atoms with E-state index in [0.717, 1.165) is 11.1 Å². The fraction of sp³-hybridized carbons (Fsp3) is 0.167. The van der Waals surface area contributed by atoms with Crippen LogP contribution in [0.3, 0.4) is 0 Å². The van der Waals surface area contributed by atoms with Crippen molar-refractivity contribution in [3.8, 4) is 11.1 Å². The van der Waals surface area contributed by atoms with Gasteiger partial charge in [0.05, 0.1) is 0 Å². The minimum absolute atomic E-state index is 0.0106. The number of benzene rings is 3. The van der Waals surface area contributed by atoms with Gasteiger partial charge in [0.1, 0.15) is 0 Å². The molecule has 0 spiro atoms. The normalized spacial score (nSPS) is 10.5. The molecule has 2 N–H and O–H groups in total. The summed E-state index contributed by atoms with van der Waals surface area (Å²) in [5, 5.41) is 5.79. The van der Waals surface area contributed by atoms with Crippen molar-refractivity contribution in [3.63, 3.8) is 0 Å². The molecule has 0 fully saturated rings. The average molecular weight is 372 g/mol. The second-order valence-corrected chi connectivity index (χ2v) is 7.09. The maximum absolute atomic E-state index is 12.8. The van der Waals surface area contributed by atoms with E-state index in [1.165, 1.54) is 0 Å². The van der Waals surface area contributed by atoms with E-state index in [1.54, 1.807) is 24.3 Å². The molecule has 4 nitrogen and oxygen atoms in total. The predicted molar refractivity (Wildman–Crippen MR) is 114 cm³/mol. The Morgan fingerprint density at radius 2 is 1.32 bits per heavy atom. The van der Waals surface area contributed by atoms with Gasteiger partial charge in [-0.15, -0.1) is 0 Å². The van der Waals surface area contributed by atoms with Crippen molar-refractivity contribution < 1.29 is 9.59 Å². The molecule has 0 saturated heterocycles. The van der Waals surface area contributed by atoms with E-state index in [4.69, 9.17) is 0 Å². The Morgan fingerprint density at radius 1 is 0.750 bits per heavy atom. The molecule has 0 unspecified atom stereocenters. The maximum atomic E-state index is 12.8. The van der Waals surface area contributed by atoms with Crippen LogP contribution in [0.5, 0.6) is 0 Å². The lowest BCUT2D eigenvalue weighted by atomic mass is 9.99. The first-order valence-electron chi connectivity index (χ1n) is 9.38. The van der Waals surface area contributed by atoms with Crippen LogP contribution in [0.25, 0.3) is 11.1 Å². The zero-order valence-corrected chi connectivity index (χ0v) is 16.1. The van der Waals surface area contributed by atoms with Gasteiger partial charge in [0.15, 0.2) is 0 Å². The van der Waals surface area contributed by atoms with Crippen LogP contribution in [0, 0.1) is 5.92 Å². The monoisotopic (exact) mass is 372 g/mol. The molecule has 0 saturated carbocycles. The highest BCUT2D eigenvalue weighted by Gasteiger charge is 2.12. The van der Waals surface area contributed by atoms with Crippen molar-refractivity contribution in [1.29, 1.82) is 0 Å². The number of anilines is 2. The van der Waals surface area contributed by atoms with E-state index in [-0.39, 0.29) is 11.8 Å². The van der Waals surface area contributed by atoms with Crippen molar-refractivity contribution in [2.24, 2.45) is 5.92 Å². The summed E-state index contributed by atoms with van der Waals surface area (Å²) in [5.74, 6) is 0.128. The Morgan fingerprint density at radius 3 is 1.96 bits per heavy atom. The van der Waals surface area contributed by atoms with Crippen molar-refractivity contribution in [3.05, 3.63) is 84.4 Å². The Bertz CT molecular complexity index is 948. The molecule has 0 aliphatic heterocycles. The first-order valence-corrected chi connectivity index (χ1v) is 9.38. The molecule has 0 heterocycles. The molecule has 3 aromatic rings. The van der Waals surface area contributed by atoms with Gasteiger partial charge in [-0.05, 0) is 47.4 Å². The van der Waals surface area contributed by atoms with E-state index in [9.17, 15) is 9.59 Å². The third-order valence-electron chi connectivity index (χ3n) is 4.28. The zero-order chi connectivity index (χ0) is 19.9. The fourth-order valence-corrected chi connectivity index (χ4v) is 2.97. The molecule has 4 heteroatoms. The minimum atomic E-state index is -0.170. The number of carbonyl (C=O) groups is 2.